The highest BCUT2D eigenvalue weighted by Gasteiger charge is 2.45. The number of H-pyrrole nitrogens is 1. The van der Waals surface area contributed by atoms with Crippen LogP contribution in [0, 0.1) is 5.82 Å². The van der Waals surface area contributed by atoms with Crippen LogP contribution in [0.2, 0.25) is 0 Å². The molecule has 1 heterocycles. The number of nitrogens with zero attached hydrogens (tertiary/aromatic N) is 1. The van der Waals surface area contributed by atoms with Gasteiger partial charge in [0.1, 0.15) is 11.6 Å². The van der Waals surface area contributed by atoms with E-state index in [0.29, 0.717) is 12.1 Å². The van der Waals surface area contributed by atoms with Gasteiger partial charge in [0, 0.05) is 17.5 Å². The molecule has 0 aliphatic heterocycles. The fourth-order valence-corrected chi connectivity index (χ4v) is 2.10. The van der Waals surface area contributed by atoms with E-state index in [1.165, 1.54) is 6.07 Å². The molecule has 1 fully saturated rings. The third-order valence-electron chi connectivity index (χ3n) is 3.49. The Bertz CT molecular complexity index is 543. The van der Waals surface area contributed by atoms with Crippen molar-refractivity contribution in [3.8, 4) is 11.3 Å². The summed E-state index contributed by atoms with van der Waals surface area (Å²) in [7, 11) is 0. The number of benzene rings is 1. The van der Waals surface area contributed by atoms with E-state index >= 15 is 0 Å². The normalized spacial score (nSPS) is 17.1. The van der Waals surface area contributed by atoms with E-state index in [0.717, 1.165) is 24.4 Å². The third-order valence-corrected chi connectivity index (χ3v) is 3.49. The number of rotatable bonds is 3. The molecule has 1 saturated carbocycles. The summed E-state index contributed by atoms with van der Waals surface area (Å²) in [6.45, 7) is 0.594. The number of nitrogens with two attached hydrogens (primary N) is 1. The zero-order valence-electron chi connectivity index (χ0n) is 9.41. The Morgan fingerprint density at radius 3 is 2.76 bits per heavy atom. The van der Waals surface area contributed by atoms with Crippen LogP contribution >= 0.6 is 0 Å². The lowest BCUT2D eigenvalue weighted by Crippen LogP contribution is -2.21. The van der Waals surface area contributed by atoms with E-state index in [2.05, 4.69) is 9.97 Å². The molecule has 0 amide bonds. The highest BCUT2D eigenvalue weighted by atomic mass is 19.1. The monoisotopic (exact) mass is 231 g/mol. The van der Waals surface area contributed by atoms with Crippen LogP contribution in [0.1, 0.15) is 18.7 Å². The van der Waals surface area contributed by atoms with Crippen molar-refractivity contribution in [3.05, 3.63) is 42.1 Å². The SMILES string of the molecule is NCC1(c2ncc(-c3ccccc3F)[nH]2)CC1. The second-order valence-corrected chi connectivity index (χ2v) is 4.61. The van der Waals surface area contributed by atoms with E-state index in [4.69, 9.17) is 5.73 Å². The predicted molar refractivity (Wildman–Crippen MR) is 63.9 cm³/mol. The molecule has 3 nitrogen and oxygen atoms in total. The summed E-state index contributed by atoms with van der Waals surface area (Å²) in [5.41, 5.74) is 7.04. The minimum atomic E-state index is -0.236. The van der Waals surface area contributed by atoms with E-state index in [1.54, 1.807) is 18.3 Å². The Kier molecular flexibility index (Phi) is 2.26. The maximum atomic E-state index is 13.6. The highest BCUT2D eigenvalue weighted by Crippen LogP contribution is 2.46. The largest absolute Gasteiger partial charge is 0.341 e. The molecule has 0 radical (unpaired) electrons. The molecule has 1 aromatic carbocycles. The molecule has 0 bridgehead atoms. The minimum absolute atomic E-state index is 0.0174. The van der Waals surface area contributed by atoms with Gasteiger partial charge < -0.3 is 10.7 Å². The quantitative estimate of drug-likeness (QED) is 0.850. The van der Waals surface area contributed by atoms with E-state index in [1.807, 2.05) is 6.07 Å². The molecule has 0 saturated heterocycles. The Morgan fingerprint density at radius 2 is 2.12 bits per heavy atom. The summed E-state index contributed by atoms with van der Waals surface area (Å²) < 4.78 is 13.6. The molecule has 4 heteroatoms. The van der Waals surface area contributed by atoms with Gasteiger partial charge in [-0.05, 0) is 25.0 Å². The van der Waals surface area contributed by atoms with E-state index in [9.17, 15) is 4.39 Å². The third kappa shape index (κ3) is 1.65. The van der Waals surface area contributed by atoms with Crippen molar-refractivity contribution in [2.45, 2.75) is 18.3 Å². The van der Waals surface area contributed by atoms with Crippen LogP contribution in [0.15, 0.2) is 30.5 Å². The summed E-state index contributed by atoms with van der Waals surface area (Å²) >= 11 is 0. The molecule has 2 aromatic rings. The number of nitrogens with one attached hydrogen (secondary N) is 1. The molecule has 17 heavy (non-hydrogen) atoms. The Labute approximate surface area is 98.9 Å². The van der Waals surface area contributed by atoms with Gasteiger partial charge in [-0.3, -0.25) is 0 Å². The number of aromatic nitrogens is 2. The molecule has 0 unspecified atom stereocenters. The summed E-state index contributed by atoms with van der Waals surface area (Å²) in [5.74, 6) is 0.651. The van der Waals surface area contributed by atoms with Crippen molar-refractivity contribution in [2.24, 2.45) is 5.73 Å². The smallest absolute Gasteiger partial charge is 0.132 e. The summed E-state index contributed by atoms with van der Waals surface area (Å²) in [5, 5.41) is 0. The van der Waals surface area contributed by atoms with Crippen LogP contribution in [0.25, 0.3) is 11.3 Å². The number of hydrogen-bond donors (Lipinski definition) is 2. The Balaban J connectivity index is 1.99. The van der Waals surface area contributed by atoms with Gasteiger partial charge in [-0.1, -0.05) is 12.1 Å². The zero-order chi connectivity index (χ0) is 11.9. The van der Waals surface area contributed by atoms with Gasteiger partial charge in [-0.15, -0.1) is 0 Å². The first-order valence-electron chi connectivity index (χ1n) is 5.76. The average Bonchev–Trinajstić information content (AvgIpc) is 3.00. The average molecular weight is 231 g/mol. The molecule has 3 rings (SSSR count). The first kappa shape index (κ1) is 10.5. The van der Waals surface area contributed by atoms with Gasteiger partial charge >= 0.3 is 0 Å². The maximum Gasteiger partial charge on any atom is 0.132 e. The lowest BCUT2D eigenvalue weighted by atomic mass is 10.1. The number of aromatic amines is 1. The zero-order valence-corrected chi connectivity index (χ0v) is 9.41. The molecular weight excluding hydrogens is 217 g/mol. The molecule has 3 N–H and O–H groups in total. The molecule has 0 atom stereocenters. The second-order valence-electron chi connectivity index (χ2n) is 4.61. The van der Waals surface area contributed by atoms with Crippen molar-refractivity contribution in [2.75, 3.05) is 6.54 Å². The molecule has 1 aliphatic rings. The first-order valence-corrected chi connectivity index (χ1v) is 5.76. The molecule has 1 aliphatic carbocycles. The first-order chi connectivity index (χ1) is 8.25. The van der Waals surface area contributed by atoms with Crippen molar-refractivity contribution >= 4 is 0 Å². The Morgan fingerprint density at radius 1 is 1.35 bits per heavy atom. The minimum Gasteiger partial charge on any atom is -0.341 e. The van der Waals surface area contributed by atoms with Gasteiger partial charge in [0.2, 0.25) is 0 Å². The van der Waals surface area contributed by atoms with Crippen LogP contribution in [-0.4, -0.2) is 16.5 Å². The van der Waals surface area contributed by atoms with Gasteiger partial charge in [-0.25, -0.2) is 9.37 Å². The lowest BCUT2D eigenvalue weighted by molar-refractivity contribution is 0.630. The summed E-state index contributed by atoms with van der Waals surface area (Å²) in [6, 6.07) is 6.69. The molecule has 88 valence electrons. The van der Waals surface area contributed by atoms with Gasteiger partial charge in [0.25, 0.3) is 0 Å². The van der Waals surface area contributed by atoms with E-state index in [-0.39, 0.29) is 11.2 Å². The fourth-order valence-electron chi connectivity index (χ4n) is 2.10. The van der Waals surface area contributed by atoms with Crippen molar-refractivity contribution < 1.29 is 4.39 Å². The van der Waals surface area contributed by atoms with Gasteiger partial charge in [0.15, 0.2) is 0 Å². The van der Waals surface area contributed by atoms with Crippen LogP contribution in [-0.2, 0) is 5.41 Å². The van der Waals surface area contributed by atoms with Crippen LogP contribution in [0.4, 0.5) is 4.39 Å². The van der Waals surface area contributed by atoms with Crippen LogP contribution in [0.5, 0.6) is 0 Å². The van der Waals surface area contributed by atoms with Crippen LogP contribution < -0.4 is 5.73 Å². The van der Waals surface area contributed by atoms with Gasteiger partial charge in [0.05, 0.1) is 11.9 Å². The predicted octanol–water partition coefficient (Wildman–Crippen LogP) is 2.21. The van der Waals surface area contributed by atoms with Gasteiger partial charge in [-0.2, -0.15) is 0 Å². The molecule has 1 aromatic heterocycles. The van der Waals surface area contributed by atoms with Crippen LogP contribution in [0.3, 0.4) is 0 Å². The van der Waals surface area contributed by atoms with Crippen molar-refractivity contribution in [1.29, 1.82) is 0 Å². The fraction of sp³-hybridized carbons (Fsp3) is 0.308. The topological polar surface area (TPSA) is 54.7 Å². The second kappa shape index (κ2) is 3.67. The summed E-state index contributed by atoms with van der Waals surface area (Å²) in [6.07, 6.45) is 3.81. The van der Waals surface area contributed by atoms with E-state index < -0.39 is 0 Å². The number of halogens is 1. The number of imidazole rings is 1. The Hall–Kier alpha value is -1.68. The maximum absolute atomic E-state index is 13.6. The number of hydrogen-bond acceptors (Lipinski definition) is 2. The lowest BCUT2D eigenvalue weighted by Gasteiger charge is -2.07. The standard InChI is InChI=1S/C13H14FN3/c14-10-4-2-1-3-9(10)11-7-16-12(17-11)13(8-15)5-6-13/h1-4,7H,5-6,8,15H2,(H,16,17). The molecule has 0 spiro atoms. The molecular formula is C13H14FN3. The van der Waals surface area contributed by atoms with Crippen molar-refractivity contribution in [1.82, 2.24) is 9.97 Å². The summed E-state index contributed by atoms with van der Waals surface area (Å²) in [4.78, 5) is 7.53. The highest BCUT2D eigenvalue weighted by molar-refractivity contribution is 5.59. The van der Waals surface area contributed by atoms with Crippen molar-refractivity contribution in [3.63, 3.8) is 0 Å².